The Hall–Kier alpha value is -1.74. The topological polar surface area (TPSA) is 69.2 Å². The van der Waals surface area contributed by atoms with Crippen molar-refractivity contribution in [2.45, 2.75) is 6.42 Å². The molecule has 1 rings (SSSR count). The molecule has 4 nitrogen and oxygen atoms in total. The Bertz CT molecular complexity index is 480. The lowest BCUT2D eigenvalue weighted by molar-refractivity contribution is -0.384. The molecule has 0 heterocycles. The summed E-state index contributed by atoms with van der Waals surface area (Å²) in [4.78, 5) is 9.89. The SMILES string of the molecule is Nc1cc(F)c(C#CCCS)cc1[N+](=O)[O-]. The van der Waals surface area contributed by atoms with E-state index >= 15 is 0 Å². The van der Waals surface area contributed by atoms with E-state index in [9.17, 15) is 14.5 Å². The van der Waals surface area contributed by atoms with Gasteiger partial charge in [0.15, 0.2) is 0 Å². The molecule has 1 aromatic rings. The molecular weight excluding hydrogens is 231 g/mol. The number of anilines is 1. The fraction of sp³-hybridized carbons (Fsp3) is 0.200. The van der Waals surface area contributed by atoms with E-state index in [1.54, 1.807) is 0 Å². The molecule has 0 unspecified atom stereocenters. The van der Waals surface area contributed by atoms with E-state index in [0.29, 0.717) is 12.2 Å². The van der Waals surface area contributed by atoms with Crippen molar-refractivity contribution in [1.29, 1.82) is 0 Å². The molecule has 0 aliphatic rings. The van der Waals surface area contributed by atoms with Crippen LogP contribution >= 0.6 is 12.6 Å². The number of nitrogens with zero attached hydrogens (tertiary/aromatic N) is 1. The van der Waals surface area contributed by atoms with Gasteiger partial charge in [-0.1, -0.05) is 11.8 Å². The van der Waals surface area contributed by atoms with E-state index in [4.69, 9.17) is 5.73 Å². The number of thiol groups is 1. The lowest BCUT2D eigenvalue weighted by Crippen LogP contribution is -1.98. The number of hydrogen-bond donors (Lipinski definition) is 2. The minimum atomic E-state index is -0.668. The highest BCUT2D eigenvalue weighted by molar-refractivity contribution is 7.80. The minimum Gasteiger partial charge on any atom is -0.393 e. The van der Waals surface area contributed by atoms with Crippen molar-refractivity contribution in [3.63, 3.8) is 0 Å². The Labute approximate surface area is 97.2 Å². The standard InChI is InChI=1S/C10H9FN2O2S/c11-8-6-9(12)10(13(14)15)5-7(8)3-1-2-4-16/h5-6,16H,2,4,12H2. The number of rotatable bonds is 2. The summed E-state index contributed by atoms with van der Waals surface area (Å²) < 4.78 is 13.3. The summed E-state index contributed by atoms with van der Waals surface area (Å²) in [6.07, 6.45) is 0.487. The van der Waals surface area contributed by atoms with Crippen molar-refractivity contribution in [2.75, 3.05) is 11.5 Å². The molecule has 84 valence electrons. The van der Waals surface area contributed by atoms with Crippen molar-refractivity contribution in [3.8, 4) is 11.8 Å². The maximum atomic E-state index is 13.3. The van der Waals surface area contributed by atoms with Crippen molar-refractivity contribution in [2.24, 2.45) is 0 Å². The van der Waals surface area contributed by atoms with Gasteiger partial charge < -0.3 is 5.73 Å². The van der Waals surface area contributed by atoms with E-state index in [2.05, 4.69) is 24.5 Å². The maximum absolute atomic E-state index is 13.3. The fourth-order valence-electron chi connectivity index (χ4n) is 1.04. The average Bonchev–Trinajstić information content (AvgIpc) is 2.21. The number of nitro benzene ring substituents is 1. The predicted octanol–water partition coefficient (Wildman–Crippen LogP) is 1.99. The molecule has 0 fully saturated rings. The van der Waals surface area contributed by atoms with E-state index in [1.165, 1.54) is 0 Å². The normalized spacial score (nSPS) is 9.38. The second-order valence-corrected chi connectivity index (χ2v) is 3.37. The van der Waals surface area contributed by atoms with Gasteiger partial charge in [-0.05, 0) is 0 Å². The number of nitro groups is 1. The van der Waals surface area contributed by atoms with Crippen LogP contribution in [0.3, 0.4) is 0 Å². The summed E-state index contributed by atoms with van der Waals surface area (Å²) in [6, 6.07) is 1.94. The molecular formula is C10H9FN2O2S. The van der Waals surface area contributed by atoms with Crippen LogP contribution in [0.1, 0.15) is 12.0 Å². The first-order chi connectivity index (χ1) is 7.56. The van der Waals surface area contributed by atoms with Gasteiger partial charge in [-0.3, -0.25) is 10.1 Å². The third kappa shape index (κ3) is 2.87. The summed E-state index contributed by atoms with van der Waals surface area (Å²) in [5.41, 5.74) is 4.74. The van der Waals surface area contributed by atoms with Crippen LogP contribution in [-0.2, 0) is 0 Å². The Balaban J connectivity index is 3.16. The van der Waals surface area contributed by atoms with Gasteiger partial charge in [0.2, 0.25) is 0 Å². The van der Waals surface area contributed by atoms with Gasteiger partial charge >= 0.3 is 0 Å². The van der Waals surface area contributed by atoms with Crippen LogP contribution in [0.15, 0.2) is 12.1 Å². The lowest BCUT2D eigenvalue weighted by Gasteiger charge is -1.99. The minimum absolute atomic E-state index is 0.0253. The Morgan fingerprint density at radius 2 is 2.25 bits per heavy atom. The zero-order valence-corrected chi connectivity index (χ0v) is 9.13. The molecule has 0 amide bonds. The molecule has 0 aromatic heterocycles. The molecule has 0 aliphatic carbocycles. The van der Waals surface area contributed by atoms with E-state index in [0.717, 1.165) is 12.1 Å². The highest BCUT2D eigenvalue weighted by atomic mass is 32.1. The maximum Gasteiger partial charge on any atom is 0.293 e. The van der Waals surface area contributed by atoms with Crippen LogP contribution in [0.5, 0.6) is 0 Å². The zero-order chi connectivity index (χ0) is 12.1. The van der Waals surface area contributed by atoms with E-state index in [1.807, 2.05) is 0 Å². The Morgan fingerprint density at radius 3 is 2.81 bits per heavy atom. The predicted molar refractivity (Wildman–Crippen MR) is 62.8 cm³/mol. The van der Waals surface area contributed by atoms with Gasteiger partial charge in [-0.2, -0.15) is 12.6 Å². The molecule has 16 heavy (non-hydrogen) atoms. The number of nitrogen functional groups attached to an aromatic ring is 1. The number of nitrogens with two attached hydrogens (primary N) is 1. The Kier molecular flexibility index (Phi) is 4.14. The van der Waals surface area contributed by atoms with Crippen LogP contribution < -0.4 is 5.73 Å². The largest absolute Gasteiger partial charge is 0.393 e. The van der Waals surface area contributed by atoms with Gasteiger partial charge in [0.1, 0.15) is 11.5 Å². The third-order valence-corrected chi connectivity index (χ3v) is 2.00. The lowest BCUT2D eigenvalue weighted by atomic mass is 10.1. The first-order valence-corrected chi connectivity index (χ1v) is 5.02. The van der Waals surface area contributed by atoms with Gasteiger partial charge in [0, 0.05) is 24.3 Å². The molecule has 6 heteroatoms. The van der Waals surface area contributed by atoms with Crippen LogP contribution in [0.25, 0.3) is 0 Å². The second-order valence-electron chi connectivity index (χ2n) is 2.92. The molecule has 1 aromatic carbocycles. The smallest absolute Gasteiger partial charge is 0.293 e. The van der Waals surface area contributed by atoms with Crippen LogP contribution in [0.4, 0.5) is 15.8 Å². The molecule has 2 N–H and O–H groups in total. The summed E-state index contributed by atoms with van der Waals surface area (Å²) in [6.45, 7) is 0. The van der Waals surface area contributed by atoms with Gasteiger partial charge in [-0.15, -0.1) is 0 Å². The Morgan fingerprint density at radius 1 is 1.56 bits per heavy atom. The molecule has 0 spiro atoms. The highest BCUT2D eigenvalue weighted by Crippen LogP contribution is 2.24. The van der Waals surface area contributed by atoms with Crippen molar-refractivity contribution < 1.29 is 9.31 Å². The zero-order valence-electron chi connectivity index (χ0n) is 8.24. The quantitative estimate of drug-likeness (QED) is 0.273. The molecule has 0 saturated heterocycles. The van der Waals surface area contributed by atoms with Crippen LogP contribution in [0, 0.1) is 27.8 Å². The molecule has 0 aliphatic heterocycles. The number of halogens is 1. The monoisotopic (exact) mass is 240 g/mol. The van der Waals surface area contributed by atoms with Crippen LogP contribution in [0.2, 0.25) is 0 Å². The second kappa shape index (κ2) is 5.37. The summed E-state index contributed by atoms with van der Waals surface area (Å²) >= 11 is 3.94. The third-order valence-electron chi connectivity index (χ3n) is 1.77. The van der Waals surface area contributed by atoms with Crippen LogP contribution in [-0.4, -0.2) is 10.7 Å². The highest BCUT2D eigenvalue weighted by Gasteiger charge is 2.14. The van der Waals surface area contributed by atoms with Gasteiger partial charge in [0.05, 0.1) is 10.5 Å². The molecule has 0 bridgehead atoms. The number of hydrogen-bond acceptors (Lipinski definition) is 4. The van der Waals surface area contributed by atoms with Gasteiger partial charge in [-0.25, -0.2) is 4.39 Å². The summed E-state index contributed by atoms with van der Waals surface area (Å²) in [7, 11) is 0. The van der Waals surface area contributed by atoms with Crippen molar-refractivity contribution >= 4 is 24.0 Å². The van der Waals surface area contributed by atoms with Crippen molar-refractivity contribution in [1.82, 2.24) is 0 Å². The van der Waals surface area contributed by atoms with Crippen molar-refractivity contribution in [3.05, 3.63) is 33.6 Å². The first kappa shape index (κ1) is 12.3. The summed E-state index contributed by atoms with van der Waals surface area (Å²) in [5.74, 6) is 5.04. The number of benzene rings is 1. The molecule has 0 atom stereocenters. The first-order valence-electron chi connectivity index (χ1n) is 4.39. The fourth-order valence-corrected chi connectivity index (χ4v) is 1.16. The molecule has 0 radical (unpaired) electrons. The van der Waals surface area contributed by atoms with Gasteiger partial charge in [0.25, 0.3) is 5.69 Å². The average molecular weight is 240 g/mol. The van der Waals surface area contributed by atoms with E-state index < -0.39 is 10.7 Å². The van der Waals surface area contributed by atoms with E-state index in [-0.39, 0.29) is 16.9 Å². The summed E-state index contributed by atoms with van der Waals surface area (Å²) in [5, 5.41) is 10.6. The molecule has 0 saturated carbocycles.